The highest BCUT2D eigenvalue weighted by atomic mass is 19.4. The quantitative estimate of drug-likeness (QED) is 0.632. The Hall–Kier alpha value is -1.73. The van der Waals surface area contributed by atoms with Gasteiger partial charge in [-0.25, -0.2) is 8.78 Å². The first-order valence-corrected chi connectivity index (χ1v) is 5.09. The van der Waals surface area contributed by atoms with E-state index >= 15 is 0 Å². The number of esters is 1. The first-order valence-electron chi connectivity index (χ1n) is 5.09. The van der Waals surface area contributed by atoms with E-state index in [0.29, 0.717) is 6.20 Å². The van der Waals surface area contributed by atoms with Crippen LogP contribution in [0.15, 0.2) is 6.20 Å². The summed E-state index contributed by atoms with van der Waals surface area (Å²) in [6.45, 7) is 0.923. The number of methoxy groups -OCH3 is 1. The van der Waals surface area contributed by atoms with Crippen molar-refractivity contribution < 1.29 is 31.5 Å². The number of aromatic nitrogens is 1. The molecule has 0 aliphatic carbocycles. The molecule has 0 bridgehead atoms. The Morgan fingerprint density at radius 1 is 1.42 bits per heavy atom. The maximum absolute atomic E-state index is 12.9. The van der Waals surface area contributed by atoms with Gasteiger partial charge in [-0.15, -0.1) is 0 Å². The number of halogens is 5. The monoisotopic (exact) mass is 283 g/mol. The maximum Gasteiger partial charge on any atom is 0.418 e. The van der Waals surface area contributed by atoms with Crippen molar-refractivity contribution in [2.24, 2.45) is 0 Å². The van der Waals surface area contributed by atoms with E-state index in [4.69, 9.17) is 0 Å². The van der Waals surface area contributed by atoms with Crippen LogP contribution in [-0.4, -0.2) is 18.1 Å². The highest BCUT2D eigenvalue weighted by molar-refractivity contribution is 5.72. The molecule has 0 fully saturated rings. The molecule has 106 valence electrons. The van der Waals surface area contributed by atoms with Crippen LogP contribution in [-0.2, 0) is 22.1 Å². The molecular formula is C11H10F5NO2. The van der Waals surface area contributed by atoms with Gasteiger partial charge in [-0.2, -0.15) is 13.2 Å². The minimum absolute atomic E-state index is 0.410. The van der Waals surface area contributed by atoms with E-state index < -0.39 is 47.4 Å². The second-order valence-electron chi connectivity index (χ2n) is 3.71. The number of alkyl halides is 5. The number of ether oxygens (including phenoxy) is 1. The third-order valence-corrected chi connectivity index (χ3v) is 2.53. The van der Waals surface area contributed by atoms with Gasteiger partial charge in [0.25, 0.3) is 6.43 Å². The average molecular weight is 283 g/mol. The van der Waals surface area contributed by atoms with E-state index in [2.05, 4.69) is 9.72 Å². The summed E-state index contributed by atoms with van der Waals surface area (Å²) < 4.78 is 67.7. The first-order chi connectivity index (χ1) is 8.68. The lowest BCUT2D eigenvalue weighted by molar-refractivity contribution is -0.139. The third-order valence-electron chi connectivity index (χ3n) is 2.53. The molecule has 1 aromatic rings. The molecule has 1 heterocycles. The van der Waals surface area contributed by atoms with Gasteiger partial charge >= 0.3 is 12.1 Å². The molecule has 1 aromatic heterocycles. The van der Waals surface area contributed by atoms with Crippen LogP contribution < -0.4 is 0 Å². The van der Waals surface area contributed by atoms with Crippen LogP contribution in [0.5, 0.6) is 0 Å². The predicted molar refractivity (Wildman–Crippen MR) is 54.7 cm³/mol. The number of rotatable bonds is 3. The van der Waals surface area contributed by atoms with Gasteiger partial charge in [0.1, 0.15) is 0 Å². The molecule has 0 unspecified atom stereocenters. The van der Waals surface area contributed by atoms with Gasteiger partial charge in [-0.3, -0.25) is 9.78 Å². The molecule has 0 aliphatic rings. The van der Waals surface area contributed by atoms with Crippen molar-refractivity contribution in [2.75, 3.05) is 7.11 Å². The Morgan fingerprint density at radius 3 is 2.42 bits per heavy atom. The van der Waals surface area contributed by atoms with E-state index in [9.17, 15) is 26.7 Å². The maximum atomic E-state index is 12.9. The van der Waals surface area contributed by atoms with Gasteiger partial charge in [0.2, 0.25) is 0 Å². The molecule has 0 radical (unpaired) electrons. The molecule has 0 spiro atoms. The van der Waals surface area contributed by atoms with E-state index in [0.717, 1.165) is 14.0 Å². The molecule has 0 saturated carbocycles. The molecule has 0 saturated heterocycles. The van der Waals surface area contributed by atoms with Crippen molar-refractivity contribution in [3.63, 3.8) is 0 Å². The van der Waals surface area contributed by atoms with Gasteiger partial charge < -0.3 is 4.74 Å². The normalized spacial score (nSPS) is 11.8. The predicted octanol–water partition coefficient (Wildman–Crippen LogP) is 3.06. The highest BCUT2D eigenvalue weighted by Crippen LogP contribution is 2.36. The van der Waals surface area contributed by atoms with Gasteiger partial charge in [-0.1, -0.05) is 0 Å². The second kappa shape index (κ2) is 5.50. The molecule has 8 heteroatoms. The highest BCUT2D eigenvalue weighted by Gasteiger charge is 2.35. The van der Waals surface area contributed by atoms with Crippen LogP contribution in [0.25, 0.3) is 0 Å². The molecule has 0 amide bonds. The van der Waals surface area contributed by atoms with Crippen molar-refractivity contribution in [3.05, 3.63) is 28.6 Å². The smallest absolute Gasteiger partial charge is 0.418 e. The van der Waals surface area contributed by atoms with E-state index in [1.54, 1.807) is 0 Å². The summed E-state index contributed by atoms with van der Waals surface area (Å²) in [6.07, 6.45) is -8.09. The fourth-order valence-electron chi connectivity index (χ4n) is 1.60. The molecule has 0 atom stereocenters. The zero-order valence-corrected chi connectivity index (χ0v) is 10.0. The van der Waals surface area contributed by atoms with Crippen molar-refractivity contribution in [3.8, 4) is 0 Å². The average Bonchev–Trinajstić information content (AvgIpc) is 2.26. The summed E-state index contributed by atoms with van der Waals surface area (Å²) in [4.78, 5) is 14.3. The number of carbonyl (C=O) groups excluding carboxylic acids is 1. The minimum atomic E-state index is -4.77. The molecule has 0 aromatic carbocycles. The standard InChI is InChI=1S/C11H10F5NO2/c1-5-6(11(14,15)16)4-17-7(3-8(18)19-2)9(5)10(12)13/h4,10H,3H2,1-2H3. The SMILES string of the molecule is COC(=O)Cc1ncc(C(F)(F)F)c(C)c1C(F)F. The minimum Gasteiger partial charge on any atom is -0.469 e. The van der Waals surface area contributed by atoms with Crippen LogP contribution in [0.1, 0.15) is 28.8 Å². The van der Waals surface area contributed by atoms with Crippen molar-refractivity contribution in [2.45, 2.75) is 25.9 Å². The van der Waals surface area contributed by atoms with Crippen LogP contribution >= 0.6 is 0 Å². The summed E-state index contributed by atoms with van der Waals surface area (Å²) >= 11 is 0. The summed E-state index contributed by atoms with van der Waals surface area (Å²) in [7, 11) is 1.04. The molecule has 0 aliphatic heterocycles. The van der Waals surface area contributed by atoms with Crippen molar-refractivity contribution in [1.29, 1.82) is 0 Å². The van der Waals surface area contributed by atoms with Gasteiger partial charge in [0.05, 0.1) is 24.8 Å². The van der Waals surface area contributed by atoms with Gasteiger partial charge in [-0.05, 0) is 12.5 Å². The fraction of sp³-hybridized carbons (Fsp3) is 0.455. The van der Waals surface area contributed by atoms with Crippen LogP contribution in [0, 0.1) is 6.92 Å². The van der Waals surface area contributed by atoms with Crippen molar-refractivity contribution >= 4 is 5.97 Å². The zero-order valence-electron chi connectivity index (χ0n) is 10.0. The lowest BCUT2D eigenvalue weighted by Crippen LogP contribution is -2.15. The Kier molecular flexibility index (Phi) is 4.43. The Labute approximate surface area is 105 Å². The van der Waals surface area contributed by atoms with Gasteiger partial charge in [0.15, 0.2) is 0 Å². The van der Waals surface area contributed by atoms with Crippen LogP contribution in [0.2, 0.25) is 0 Å². The molecule has 3 nitrogen and oxygen atoms in total. The lowest BCUT2D eigenvalue weighted by Gasteiger charge is -2.16. The molecule has 0 N–H and O–H groups in total. The summed E-state index contributed by atoms with van der Waals surface area (Å²) in [5.74, 6) is -0.853. The zero-order chi connectivity index (χ0) is 14.8. The number of hydrogen-bond donors (Lipinski definition) is 0. The topological polar surface area (TPSA) is 39.2 Å². The Balaban J connectivity index is 3.36. The molecule has 1 rings (SSSR count). The lowest BCUT2D eigenvalue weighted by atomic mass is 10.0. The summed E-state index contributed by atoms with van der Waals surface area (Å²) in [5, 5.41) is 0. The Bertz CT molecular complexity index is 485. The first kappa shape index (κ1) is 15.3. The van der Waals surface area contributed by atoms with Gasteiger partial charge in [0, 0.05) is 11.8 Å². The second-order valence-corrected chi connectivity index (χ2v) is 3.71. The molecule has 19 heavy (non-hydrogen) atoms. The third kappa shape index (κ3) is 3.39. The summed E-state index contributed by atoms with van der Waals surface area (Å²) in [6, 6.07) is 0. The van der Waals surface area contributed by atoms with E-state index in [-0.39, 0.29) is 0 Å². The number of hydrogen-bond acceptors (Lipinski definition) is 3. The largest absolute Gasteiger partial charge is 0.469 e. The molecular weight excluding hydrogens is 273 g/mol. The summed E-state index contributed by atoms with van der Waals surface area (Å²) in [5.41, 5.74) is -3.15. The number of carbonyl (C=O) groups is 1. The fourth-order valence-corrected chi connectivity index (χ4v) is 1.60. The van der Waals surface area contributed by atoms with E-state index in [1.165, 1.54) is 0 Å². The van der Waals surface area contributed by atoms with Crippen molar-refractivity contribution in [1.82, 2.24) is 4.98 Å². The number of nitrogens with zero attached hydrogens (tertiary/aromatic N) is 1. The van der Waals surface area contributed by atoms with Crippen LogP contribution in [0.4, 0.5) is 22.0 Å². The Morgan fingerprint density at radius 2 is 2.00 bits per heavy atom. The van der Waals surface area contributed by atoms with E-state index in [1.807, 2.05) is 0 Å². The van der Waals surface area contributed by atoms with Crippen LogP contribution in [0.3, 0.4) is 0 Å². The number of pyridine rings is 1.